The van der Waals surface area contributed by atoms with Gasteiger partial charge in [-0.2, -0.15) is 0 Å². The zero-order chi connectivity index (χ0) is 14.6. The van der Waals surface area contributed by atoms with Gasteiger partial charge in [0.05, 0.1) is 10.4 Å². The van der Waals surface area contributed by atoms with Crippen molar-refractivity contribution < 1.29 is 19.4 Å². The second-order valence-electron chi connectivity index (χ2n) is 4.96. The molecule has 0 aliphatic heterocycles. The molecule has 1 saturated carbocycles. The predicted octanol–water partition coefficient (Wildman–Crippen LogP) is 1.32. The van der Waals surface area contributed by atoms with Crippen LogP contribution in [0.1, 0.15) is 34.8 Å². The number of hydrogen-bond donors (Lipinski definition) is 2. The fraction of sp³-hybridized carbons (Fsp3) is 0.615. The monoisotopic (exact) mass is 298 g/mol. The van der Waals surface area contributed by atoms with Crippen LogP contribution in [0.15, 0.2) is 5.38 Å². The summed E-state index contributed by atoms with van der Waals surface area (Å²) in [6.45, 7) is 1.09. The summed E-state index contributed by atoms with van der Waals surface area (Å²) in [4.78, 5) is 26.7. The lowest BCUT2D eigenvalue weighted by Crippen LogP contribution is -2.34. The molecule has 110 valence electrons. The summed E-state index contributed by atoms with van der Waals surface area (Å²) in [7, 11) is 1.64. The predicted molar refractivity (Wildman–Crippen MR) is 73.9 cm³/mol. The number of aromatic nitrogens is 1. The molecule has 7 heteroatoms. The Labute approximate surface area is 121 Å². The lowest BCUT2D eigenvalue weighted by atomic mass is 10.0. The SMILES string of the molecule is COCCC1(C(=O)NCCc2nc(C(=O)O)cs2)CC1. The van der Waals surface area contributed by atoms with Gasteiger partial charge in [0, 0.05) is 32.1 Å². The summed E-state index contributed by atoms with van der Waals surface area (Å²) in [5.41, 5.74) is -0.166. The highest BCUT2D eigenvalue weighted by Crippen LogP contribution is 2.48. The summed E-state index contributed by atoms with van der Waals surface area (Å²) in [6.07, 6.45) is 3.16. The third kappa shape index (κ3) is 3.55. The van der Waals surface area contributed by atoms with E-state index in [-0.39, 0.29) is 17.0 Å². The molecule has 0 aromatic carbocycles. The van der Waals surface area contributed by atoms with E-state index < -0.39 is 5.97 Å². The van der Waals surface area contributed by atoms with Gasteiger partial charge in [-0.1, -0.05) is 0 Å². The number of amides is 1. The van der Waals surface area contributed by atoms with Crippen LogP contribution in [0, 0.1) is 5.41 Å². The van der Waals surface area contributed by atoms with Gasteiger partial charge in [0.15, 0.2) is 5.69 Å². The highest BCUT2D eigenvalue weighted by molar-refractivity contribution is 7.09. The van der Waals surface area contributed by atoms with Crippen LogP contribution in [-0.4, -0.2) is 42.2 Å². The zero-order valence-electron chi connectivity index (χ0n) is 11.3. The normalized spacial score (nSPS) is 15.8. The van der Waals surface area contributed by atoms with E-state index in [4.69, 9.17) is 9.84 Å². The number of carboxylic acids is 1. The molecular formula is C13H18N2O4S. The molecule has 1 fully saturated rings. The van der Waals surface area contributed by atoms with Crippen LogP contribution in [0.5, 0.6) is 0 Å². The number of carbonyl (C=O) groups excluding carboxylic acids is 1. The first kappa shape index (κ1) is 14.9. The first-order chi connectivity index (χ1) is 9.57. The minimum atomic E-state index is -1.02. The number of ether oxygens (including phenoxy) is 1. The van der Waals surface area contributed by atoms with Crippen LogP contribution in [0.3, 0.4) is 0 Å². The highest BCUT2D eigenvalue weighted by Gasteiger charge is 2.48. The minimum absolute atomic E-state index is 0.0649. The smallest absolute Gasteiger partial charge is 0.355 e. The molecule has 1 aliphatic carbocycles. The first-order valence-corrected chi connectivity index (χ1v) is 7.40. The van der Waals surface area contributed by atoms with Crippen LogP contribution < -0.4 is 5.32 Å². The maximum atomic E-state index is 12.1. The largest absolute Gasteiger partial charge is 0.476 e. The van der Waals surface area contributed by atoms with E-state index in [2.05, 4.69) is 10.3 Å². The van der Waals surface area contributed by atoms with Crippen molar-refractivity contribution in [2.75, 3.05) is 20.3 Å². The van der Waals surface area contributed by atoms with Gasteiger partial charge in [-0.15, -0.1) is 11.3 Å². The fourth-order valence-electron chi connectivity index (χ4n) is 2.03. The van der Waals surface area contributed by atoms with Crippen LogP contribution in [0.2, 0.25) is 0 Å². The van der Waals surface area contributed by atoms with E-state index in [9.17, 15) is 9.59 Å². The van der Waals surface area contributed by atoms with Gasteiger partial charge in [-0.05, 0) is 19.3 Å². The Morgan fingerprint density at radius 2 is 2.30 bits per heavy atom. The van der Waals surface area contributed by atoms with Crippen molar-refractivity contribution in [3.8, 4) is 0 Å². The van der Waals surface area contributed by atoms with E-state index in [1.54, 1.807) is 7.11 Å². The van der Waals surface area contributed by atoms with Crippen LogP contribution in [0.25, 0.3) is 0 Å². The summed E-state index contributed by atoms with van der Waals surface area (Å²) < 4.78 is 5.02. The molecule has 0 unspecified atom stereocenters. The third-order valence-corrected chi connectivity index (χ3v) is 4.42. The maximum absolute atomic E-state index is 12.1. The number of carboxylic acid groups (broad SMARTS) is 1. The van der Waals surface area contributed by atoms with Gasteiger partial charge in [0.2, 0.25) is 5.91 Å². The van der Waals surface area contributed by atoms with E-state index in [0.29, 0.717) is 19.6 Å². The van der Waals surface area contributed by atoms with Crippen molar-refractivity contribution in [3.63, 3.8) is 0 Å². The third-order valence-electron chi connectivity index (χ3n) is 3.52. The second-order valence-corrected chi connectivity index (χ2v) is 5.90. The molecule has 1 heterocycles. The molecule has 0 bridgehead atoms. The van der Waals surface area contributed by atoms with Crippen molar-refractivity contribution in [3.05, 3.63) is 16.1 Å². The lowest BCUT2D eigenvalue weighted by molar-refractivity contribution is -0.126. The average Bonchev–Trinajstić information content (AvgIpc) is 3.07. The molecule has 1 aromatic heterocycles. The molecule has 2 rings (SSSR count). The van der Waals surface area contributed by atoms with E-state index in [1.165, 1.54) is 16.7 Å². The quantitative estimate of drug-likeness (QED) is 0.755. The van der Waals surface area contributed by atoms with Gasteiger partial charge in [-0.25, -0.2) is 9.78 Å². The topological polar surface area (TPSA) is 88.5 Å². The molecule has 1 amide bonds. The molecule has 1 aromatic rings. The number of nitrogens with zero attached hydrogens (tertiary/aromatic N) is 1. The Balaban J connectivity index is 1.75. The molecule has 0 atom stereocenters. The molecule has 1 aliphatic rings. The molecule has 20 heavy (non-hydrogen) atoms. The molecule has 0 radical (unpaired) electrons. The number of thiazole rings is 1. The molecule has 0 saturated heterocycles. The zero-order valence-corrected chi connectivity index (χ0v) is 12.2. The van der Waals surface area contributed by atoms with Crippen LogP contribution in [-0.2, 0) is 16.0 Å². The summed E-state index contributed by atoms with van der Waals surface area (Å²) >= 11 is 1.30. The van der Waals surface area contributed by atoms with Gasteiger partial charge in [0.25, 0.3) is 0 Å². The molecular weight excluding hydrogens is 280 g/mol. The van der Waals surface area contributed by atoms with Crippen LogP contribution in [0.4, 0.5) is 0 Å². The number of methoxy groups -OCH3 is 1. The van der Waals surface area contributed by atoms with Gasteiger partial charge < -0.3 is 15.2 Å². The summed E-state index contributed by atoms with van der Waals surface area (Å²) in [6, 6.07) is 0. The Kier molecular flexibility index (Phi) is 4.72. The van der Waals surface area contributed by atoms with Crippen molar-refractivity contribution in [2.45, 2.75) is 25.7 Å². The fourth-order valence-corrected chi connectivity index (χ4v) is 2.81. The van der Waals surface area contributed by atoms with Crippen molar-refractivity contribution in [1.29, 1.82) is 0 Å². The number of hydrogen-bond acceptors (Lipinski definition) is 5. The molecule has 6 nitrogen and oxygen atoms in total. The van der Waals surface area contributed by atoms with Crippen LogP contribution >= 0.6 is 11.3 Å². The molecule has 2 N–H and O–H groups in total. The lowest BCUT2D eigenvalue weighted by Gasteiger charge is -2.14. The Morgan fingerprint density at radius 3 is 2.85 bits per heavy atom. The average molecular weight is 298 g/mol. The second kappa shape index (κ2) is 6.32. The van der Waals surface area contributed by atoms with Gasteiger partial charge in [0.1, 0.15) is 0 Å². The van der Waals surface area contributed by atoms with Crippen molar-refractivity contribution in [1.82, 2.24) is 10.3 Å². The standard InChI is InChI=1S/C13H18N2O4S/c1-19-7-5-13(3-4-13)12(18)14-6-2-10-15-9(8-20-10)11(16)17/h8H,2-7H2,1H3,(H,14,18)(H,16,17). The van der Waals surface area contributed by atoms with Crippen molar-refractivity contribution >= 4 is 23.2 Å². The van der Waals surface area contributed by atoms with E-state index >= 15 is 0 Å². The summed E-state index contributed by atoms with van der Waals surface area (Å²) in [5.74, 6) is -0.947. The Hall–Kier alpha value is -1.47. The molecule has 0 spiro atoms. The summed E-state index contributed by atoms with van der Waals surface area (Å²) in [5, 5.41) is 13.9. The van der Waals surface area contributed by atoms with Crippen molar-refractivity contribution in [2.24, 2.45) is 5.41 Å². The van der Waals surface area contributed by atoms with Gasteiger partial charge in [-0.3, -0.25) is 4.79 Å². The first-order valence-electron chi connectivity index (χ1n) is 6.52. The Morgan fingerprint density at radius 1 is 1.55 bits per heavy atom. The van der Waals surface area contributed by atoms with E-state index in [1.807, 2.05) is 0 Å². The number of carbonyl (C=O) groups is 2. The number of aromatic carboxylic acids is 1. The van der Waals surface area contributed by atoms with Gasteiger partial charge >= 0.3 is 5.97 Å². The Bertz CT molecular complexity index is 496. The highest BCUT2D eigenvalue weighted by atomic mass is 32.1. The van der Waals surface area contributed by atoms with E-state index in [0.717, 1.165) is 24.3 Å². The number of rotatable bonds is 8. The maximum Gasteiger partial charge on any atom is 0.355 e. The number of nitrogens with one attached hydrogen (secondary N) is 1. The minimum Gasteiger partial charge on any atom is -0.476 e.